The van der Waals surface area contributed by atoms with E-state index < -0.39 is 0 Å². The Bertz CT molecular complexity index is 350. The number of aromatic nitrogens is 2. The fourth-order valence-electron chi connectivity index (χ4n) is 1.81. The van der Waals surface area contributed by atoms with Gasteiger partial charge in [0.25, 0.3) is 0 Å². The Labute approximate surface area is 89.3 Å². The van der Waals surface area contributed by atoms with Crippen LogP contribution in [0.1, 0.15) is 32.4 Å². The van der Waals surface area contributed by atoms with Crippen molar-refractivity contribution in [2.75, 3.05) is 11.4 Å². The molecule has 1 aliphatic carbocycles. The number of rotatable bonds is 4. The summed E-state index contributed by atoms with van der Waals surface area (Å²) in [5.74, 6) is 0.237. The number of nitrogens with zero attached hydrogens (tertiary/aromatic N) is 3. The van der Waals surface area contributed by atoms with Crippen molar-refractivity contribution in [2.45, 2.75) is 39.2 Å². The minimum Gasteiger partial charge on any atom is -0.351 e. The Kier molecular flexibility index (Phi) is 2.84. The summed E-state index contributed by atoms with van der Waals surface area (Å²) in [5, 5.41) is 0. The van der Waals surface area contributed by atoms with Gasteiger partial charge in [-0.15, -0.1) is 0 Å². The lowest BCUT2D eigenvalue weighted by Crippen LogP contribution is -2.27. The number of halogens is 1. The van der Waals surface area contributed by atoms with E-state index in [1.165, 1.54) is 6.33 Å². The number of aryl methyl sites for hydroxylation is 1. The van der Waals surface area contributed by atoms with Gasteiger partial charge in [0, 0.05) is 12.6 Å². The SMILES string of the molecule is CCc1ncnc(N(CC)C2CC2)c1F. The first-order chi connectivity index (χ1) is 7.27. The molecule has 3 nitrogen and oxygen atoms in total. The molecule has 0 N–H and O–H groups in total. The molecule has 0 atom stereocenters. The molecule has 2 rings (SSSR count). The van der Waals surface area contributed by atoms with Crippen LogP contribution in [0, 0.1) is 5.82 Å². The highest BCUT2D eigenvalue weighted by atomic mass is 19.1. The standard InChI is InChI=1S/C11H16FN3/c1-3-9-10(12)11(14-7-13-9)15(4-2)8-5-6-8/h7-8H,3-6H2,1-2H3. The third-order valence-electron chi connectivity index (χ3n) is 2.78. The summed E-state index contributed by atoms with van der Waals surface area (Å²) in [5.41, 5.74) is 0.513. The summed E-state index contributed by atoms with van der Waals surface area (Å²) in [6.07, 6.45) is 4.38. The predicted molar refractivity (Wildman–Crippen MR) is 57.4 cm³/mol. The lowest BCUT2D eigenvalue weighted by molar-refractivity contribution is 0.583. The van der Waals surface area contributed by atoms with E-state index in [1.54, 1.807) is 0 Å². The van der Waals surface area contributed by atoms with Crippen LogP contribution in [0.15, 0.2) is 6.33 Å². The average molecular weight is 209 g/mol. The van der Waals surface area contributed by atoms with E-state index in [4.69, 9.17) is 0 Å². The van der Waals surface area contributed by atoms with Crippen LogP contribution in [0.5, 0.6) is 0 Å². The van der Waals surface area contributed by atoms with Crippen molar-refractivity contribution in [2.24, 2.45) is 0 Å². The van der Waals surface area contributed by atoms with E-state index in [0.29, 0.717) is 24.0 Å². The maximum absolute atomic E-state index is 13.9. The third-order valence-corrected chi connectivity index (χ3v) is 2.78. The molecule has 1 aromatic heterocycles. The Hall–Kier alpha value is -1.19. The van der Waals surface area contributed by atoms with E-state index >= 15 is 0 Å². The van der Waals surface area contributed by atoms with Gasteiger partial charge in [0.05, 0.1) is 5.69 Å². The fourth-order valence-corrected chi connectivity index (χ4v) is 1.81. The summed E-state index contributed by atoms with van der Waals surface area (Å²) in [7, 11) is 0. The smallest absolute Gasteiger partial charge is 0.187 e. The fraction of sp³-hybridized carbons (Fsp3) is 0.636. The van der Waals surface area contributed by atoms with Gasteiger partial charge in [-0.2, -0.15) is 0 Å². The molecule has 82 valence electrons. The molecule has 0 amide bonds. The molecule has 0 bridgehead atoms. The highest BCUT2D eigenvalue weighted by Crippen LogP contribution is 2.31. The van der Waals surface area contributed by atoms with Crippen molar-refractivity contribution in [3.05, 3.63) is 17.8 Å². The van der Waals surface area contributed by atoms with Gasteiger partial charge in [-0.05, 0) is 26.2 Å². The van der Waals surface area contributed by atoms with E-state index in [0.717, 1.165) is 19.4 Å². The van der Waals surface area contributed by atoms with Gasteiger partial charge in [0.1, 0.15) is 6.33 Å². The zero-order valence-electron chi connectivity index (χ0n) is 9.20. The lowest BCUT2D eigenvalue weighted by atomic mass is 10.3. The van der Waals surface area contributed by atoms with Crippen LogP contribution in [0.25, 0.3) is 0 Å². The Morgan fingerprint density at radius 2 is 2.13 bits per heavy atom. The molecular formula is C11H16FN3. The molecule has 15 heavy (non-hydrogen) atoms. The van der Waals surface area contributed by atoms with Gasteiger partial charge < -0.3 is 4.90 Å². The minimum absolute atomic E-state index is 0.242. The molecule has 0 aromatic carbocycles. The maximum atomic E-state index is 13.9. The number of anilines is 1. The summed E-state index contributed by atoms with van der Waals surface area (Å²) >= 11 is 0. The molecular weight excluding hydrogens is 193 g/mol. The lowest BCUT2D eigenvalue weighted by Gasteiger charge is -2.22. The summed E-state index contributed by atoms with van der Waals surface area (Å²) < 4.78 is 13.9. The molecule has 0 saturated heterocycles. The second-order valence-electron chi connectivity index (χ2n) is 3.83. The molecule has 1 aliphatic rings. The van der Waals surface area contributed by atoms with Crippen LogP contribution in [-0.4, -0.2) is 22.6 Å². The molecule has 1 fully saturated rings. The number of hydrogen-bond donors (Lipinski definition) is 0. The van der Waals surface area contributed by atoms with Crippen molar-refractivity contribution < 1.29 is 4.39 Å². The van der Waals surface area contributed by atoms with E-state index in [-0.39, 0.29) is 5.82 Å². The topological polar surface area (TPSA) is 29.0 Å². The highest BCUT2D eigenvalue weighted by Gasteiger charge is 2.31. The summed E-state index contributed by atoms with van der Waals surface area (Å²) in [6, 6.07) is 0.490. The first kappa shape index (κ1) is 10.3. The van der Waals surface area contributed by atoms with Crippen LogP contribution in [0.3, 0.4) is 0 Å². The second-order valence-corrected chi connectivity index (χ2v) is 3.83. The Morgan fingerprint density at radius 3 is 2.67 bits per heavy atom. The monoisotopic (exact) mass is 209 g/mol. The maximum Gasteiger partial charge on any atom is 0.187 e. The molecule has 1 aromatic rings. The van der Waals surface area contributed by atoms with Crippen LogP contribution in [0.2, 0.25) is 0 Å². The summed E-state index contributed by atoms with van der Waals surface area (Å²) in [6.45, 7) is 4.75. The zero-order valence-corrected chi connectivity index (χ0v) is 9.20. The van der Waals surface area contributed by atoms with E-state index in [1.807, 2.05) is 18.7 Å². The quantitative estimate of drug-likeness (QED) is 0.761. The van der Waals surface area contributed by atoms with Gasteiger partial charge >= 0.3 is 0 Å². The summed E-state index contributed by atoms with van der Waals surface area (Å²) in [4.78, 5) is 10.0. The predicted octanol–water partition coefficient (Wildman–Crippen LogP) is 2.17. The molecule has 4 heteroatoms. The zero-order chi connectivity index (χ0) is 10.8. The normalized spacial score (nSPS) is 15.4. The van der Waals surface area contributed by atoms with Gasteiger partial charge in [-0.25, -0.2) is 14.4 Å². The van der Waals surface area contributed by atoms with Crippen LogP contribution >= 0.6 is 0 Å². The third kappa shape index (κ3) is 1.94. The van der Waals surface area contributed by atoms with Gasteiger partial charge in [-0.3, -0.25) is 0 Å². The van der Waals surface area contributed by atoms with Crippen molar-refractivity contribution in [1.82, 2.24) is 9.97 Å². The van der Waals surface area contributed by atoms with Crippen molar-refractivity contribution in [1.29, 1.82) is 0 Å². The molecule has 0 radical (unpaired) electrons. The molecule has 1 heterocycles. The molecule has 1 saturated carbocycles. The Morgan fingerprint density at radius 1 is 1.40 bits per heavy atom. The van der Waals surface area contributed by atoms with Gasteiger partial charge in [0.15, 0.2) is 11.6 Å². The van der Waals surface area contributed by atoms with Gasteiger partial charge in [0.2, 0.25) is 0 Å². The van der Waals surface area contributed by atoms with Gasteiger partial charge in [-0.1, -0.05) is 6.92 Å². The van der Waals surface area contributed by atoms with Crippen molar-refractivity contribution >= 4 is 5.82 Å². The number of hydrogen-bond acceptors (Lipinski definition) is 3. The van der Waals surface area contributed by atoms with Crippen LogP contribution in [-0.2, 0) is 6.42 Å². The second kappa shape index (κ2) is 4.13. The van der Waals surface area contributed by atoms with Crippen LogP contribution in [0.4, 0.5) is 10.2 Å². The molecule has 0 spiro atoms. The van der Waals surface area contributed by atoms with Crippen molar-refractivity contribution in [3.8, 4) is 0 Å². The molecule has 0 unspecified atom stereocenters. The van der Waals surface area contributed by atoms with Crippen molar-refractivity contribution in [3.63, 3.8) is 0 Å². The first-order valence-electron chi connectivity index (χ1n) is 5.53. The van der Waals surface area contributed by atoms with E-state index in [2.05, 4.69) is 9.97 Å². The first-order valence-corrected chi connectivity index (χ1v) is 5.53. The largest absolute Gasteiger partial charge is 0.351 e. The minimum atomic E-state index is -0.242. The highest BCUT2D eigenvalue weighted by molar-refractivity contribution is 5.43. The Balaban J connectivity index is 2.33. The molecule has 0 aliphatic heterocycles. The average Bonchev–Trinajstić information content (AvgIpc) is 3.06. The van der Waals surface area contributed by atoms with E-state index in [9.17, 15) is 4.39 Å². The van der Waals surface area contributed by atoms with Crippen LogP contribution < -0.4 is 4.90 Å².